The molecular weight excluding hydrogens is 362 g/mol. The van der Waals surface area contributed by atoms with E-state index in [1.54, 1.807) is 17.4 Å². The molecule has 0 saturated carbocycles. The number of hydrogen-bond donors (Lipinski definition) is 1. The molecule has 0 spiro atoms. The third-order valence-corrected chi connectivity index (χ3v) is 4.59. The van der Waals surface area contributed by atoms with Gasteiger partial charge in [-0.1, -0.05) is 11.6 Å². The Labute approximate surface area is 152 Å². The van der Waals surface area contributed by atoms with Crippen LogP contribution in [0.4, 0.5) is 0 Å². The average molecular weight is 376 g/mol. The van der Waals surface area contributed by atoms with E-state index in [2.05, 4.69) is 4.98 Å². The highest BCUT2D eigenvalue weighted by Gasteiger charge is 2.13. The summed E-state index contributed by atoms with van der Waals surface area (Å²) < 4.78 is 7.12. The molecule has 3 aromatic rings. The number of amides is 1. The van der Waals surface area contributed by atoms with Gasteiger partial charge in [-0.25, -0.2) is 9.78 Å². The fourth-order valence-corrected chi connectivity index (χ4v) is 3.41. The molecule has 3 rings (SSSR count). The van der Waals surface area contributed by atoms with Crippen molar-refractivity contribution in [2.75, 3.05) is 0 Å². The predicted molar refractivity (Wildman–Crippen MR) is 97.2 cm³/mol. The van der Waals surface area contributed by atoms with Crippen LogP contribution < -0.4 is 10.5 Å². The number of halogens is 1. The molecule has 6 nitrogen and oxygen atoms in total. The molecule has 0 radical (unpaired) electrons. The molecule has 0 aliphatic rings. The van der Waals surface area contributed by atoms with E-state index in [0.29, 0.717) is 5.02 Å². The lowest BCUT2D eigenvalue weighted by atomic mass is 10.2. The van der Waals surface area contributed by atoms with Gasteiger partial charge in [-0.3, -0.25) is 9.20 Å². The number of thiazole rings is 1. The van der Waals surface area contributed by atoms with E-state index in [9.17, 15) is 9.59 Å². The highest BCUT2D eigenvalue weighted by atomic mass is 35.5. The minimum atomic E-state index is -0.726. The minimum absolute atomic E-state index is 0.0469. The van der Waals surface area contributed by atoms with Crippen molar-refractivity contribution >= 4 is 45.9 Å². The molecule has 0 aliphatic heterocycles. The second-order valence-corrected chi connectivity index (χ2v) is 6.99. The molecule has 0 bridgehead atoms. The normalized spacial score (nSPS) is 11.3. The van der Waals surface area contributed by atoms with Gasteiger partial charge in [0.15, 0.2) is 4.96 Å². The van der Waals surface area contributed by atoms with E-state index < -0.39 is 11.9 Å². The number of aryl methyl sites for hydroxylation is 2. The first kappa shape index (κ1) is 17.2. The van der Waals surface area contributed by atoms with Crippen molar-refractivity contribution < 1.29 is 14.3 Å². The van der Waals surface area contributed by atoms with Gasteiger partial charge in [0.25, 0.3) is 5.91 Å². The lowest BCUT2D eigenvalue weighted by Gasteiger charge is -2.06. The summed E-state index contributed by atoms with van der Waals surface area (Å²) >= 11 is 7.40. The molecule has 2 N–H and O–H groups in total. The standard InChI is InChI=1S/C17H14ClN3O3S/c1-9-8-21-13(10(2)20-17(21)25-9)4-6-15(22)24-14-5-3-11(18)7-12(14)16(19)23/h3-8H,1-2H3,(H2,19,23)/b6-4-. The monoisotopic (exact) mass is 375 g/mol. The zero-order valence-corrected chi connectivity index (χ0v) is 15.0. The maximum absolute atomic E-state index is 12.1. The summed E-state index contributed by atoms with van der Waals surface area (Å²) in [5, 5.41) is 0.328. The van der Waals surface area contributed by atoms with E-state index in [1.807, 2.05) is 24.4 Å². The smallest absolute Gasteiger partial charge is 0.336 e. The second kappa shape index (κ2) is 6.70. The third-order valence-electron chi connectivity index (χ3n) is 3.46. The maximum Gasteiger partial charge on any atom is 0.336 e. The van der Waals surface area contributed by atoms with E-state index in [1.165, 1.54) is 24.3 Å². The number of rotatable bonds is 4. The summed E-state index contributed by atoms with van der Waals surface area (Å²) in [6.45, 7) is 3.85. The molecule has 0 unspecified atom stereocenters. The van der Waals surface area contributed by atoms with Crippen molar-refractivity contribution in [3.63, 3.8) is 0 Å². The molecule has 8 heteroatoms. The largest absolute Gasteiger partial charge is 0.423 e. The van der Waals surface area contributed by atoms with Crippen molar-refractivity contribution in [3.05, 3.63) is 57.3 Å². The lowest BCUT2D eigenvalue weighted by molar-refractivity contribution is -0.128. The van der Waals surface area contributed by atoms with Crippen LogP contribution in [-0.4, -0.2) is 21.3 Å². The van der Waals surface area contributed by atoms with Crippen LogP contribution in [-0.2, 0) is 4.79 Å². The van der Waals surface area contributed by atoms with Gasteiger partial charge in [-0.05, 0) is 38.1 Å². The maximum atomic E-state index is 12.1. The fourth-order valence-electron chi connectivity index (χ4n) is 2.35. The summed E-state index contributed by atoms with van der Waals surface area (Å²) in [5.74, 6) is -1.30. The molecule has 0 saturated heterocycles. The number of hydrogen-bond acceptors (Lipinski definition) is 5. The number of nitrogens with two attached hydrogens (primary N) is 1. The molecule has 25 heavy (non-hydrogen) atoms. The van der Waals surface area contributed by atoms with Crippen LogP contribution in [0.25, 0.3) is 11.0 Å². The highest BCUT2D eigenvalue weighted by Crippen LogP contribution is 2.24. The van der Waals surface area contributed by atoms with E-state index in [0.717, 1.165) is 21.2 Å². The van der Waals surface area contributed by atoms with Crippen LogP contribution in [0.3, 0.4) is 0 Å². The first-order valence-electron chi connectivity index (χ1n) is 7.29. The minimum Gasteiger partial charge on any atom is -0.423 e. The summed E-state index contributed by atoms with van der Waals surface area (Å²) in [4.78, 5) is 30.0. The molecule has 0 aliphatic carbocycles. The van der Waals surface area contributed by atoms with Gasteiger partial charge < -0.3 is 10.5 Å². The Kier molecular flexibility index (Phi) is 4.61. The number of primary amides is 1. The van der Waals surface area contributed by atoms with E-state index in [-0.39, 0.29) is 11.3 Å². The predicted octanol–water partition coefficient (Wildman–Crippen LogP) is 3.38. The topological polar surface area (TPSA) is 86.7 Å². The fraction of sp³-hybridized carbons (Fsp3) is 0.118. The zero-order chi connectivity index (χ0) is 18.1. The number of carbonyl (C=O) groups is 2. The van der Waals surface area contributed by atoms with E-state index >= 15 is 0 Å². The van der Waals surface area contributed by atoms with Gasteiger partial charge in [0.05, 0.1) is 17.0 Å². The van der Waals surface area contributed by atoms with Gasteiger partial charge in [0.2, 0.25) is 0 Å². The number of imidazole rings is 1. The molecule has 2 aromatic heterocycles. The Morgan fingerprint density at radius 2 is 2.12 bits per heavy atom. The van der Waals surface area contributed by atoms with Gasteiger partial charge >= 0.3 is 5.97 Å². The second-order valence-electron chi connectivity index (χ2n) is 5.34. The van der Waals surface area contributed by atoms with Crippen molar-refractivity contribution in [1.29, 1.82) is 0 Å². The molecule has 128 valence electrons. The molecule has 0 fully saturated rings. The Bertz CT molecular complexity index is 1020. The van der Waals surface area contributed by atoms with Gasteiger partial charge in [-0.15, -0.1) is 11.3 Å². The Morgan fingerprint density at radius 1 is 1.36 bits per heavy atom. The van der Waals surface area contributed by atoms with Crippen LogP contribution in [0.1, 0.15) is 26.6 Å². The Morgan fingerprint density at radius 3 is 2.84 bits per heavy atom. The van der Waals surface area contributed by atoms with Crippen LogP contribution in [0.5, 0.6) is 5.75 Å². The Balaban J connectivity index is 1.84. The Hall–Kier alpha value is -2.64. The van der Waals surface area contributed by atoms with Crippen LogP contribution >= 0.6 is 22.9 Å². The summed E-state index contributed by atoms with van der Waals surface area (Å²) in [7, 11) is 0. The summed E-state index contributed by atoms with van der Waals surface area (Å²) in [6, 6.07) is 4.30. The molecule has 0 atom stereocenters. The zero-order valence-electron chi connectivity index (χ0n) is 13.4. The number of esters is 1. The van der Waals surface area contributed by atoms with Gasteiger partial charge in [0, 0.05) is 22.2 Å². The number of ether oxygens (including phenoxy) is 1. The van der Waals surface area contributed by atoms with E-state index in [4.69, 9.17) is 22.1 Å². The molecular formula is C17H14ClN3O3S. The number of nitrogens with zero attached hydrogens (tertiary/aromatic N) is 2. The molecule has 1 amide bonds. The highest BCUT2D eigenvalue weighted by molar-refractivity contribution is 7.17. The van der Waals surface area contributed by atoms with Gasteiger partial charge in [0.1, 0.15) is 5.75 Å². The number of benzene rings is 1. The number of carbonyl (C=O) groups excluding carboxylic acids is 2. The first-order valence-corrected chi connectivity index (χ1v) is 8.49. The quantitative estimate of drug-likeness (QED) is 0.430. The SMILES string of the molecule is Cc1cn2c(/C=C\C(=O)Oc3ccc(Cl)cc3C(N)=O)c(C)nc2s1. The van der Waals surface area contributed by atoms with Crippen molar-refractivity contribution in [1.82, 2.24) is 9.38 Å². The molecule has 1 aromatic carbocycles. The van der Waals surface area contributed by atoms with Crippen LogP contribution in [0, 0.1) is 13.8 Å². The van der Waals surface area contributed by atoms with Crippen molar-refractivity contribution in [3.8, 4) is 5.75 Å². The summed E-state index contributed by atoms with van der Waals surface area (Å²) in [6.07, 6.45) is 4.86. The lowest BCUT2D eigenvalue weighted by Crippen LogP contribution is -2.14. The average Bonchev–Trinajstić information content (AvgIpc) is 3.02. The first-order chi connectivity index (χ1) is 11.8. The van der Waals surface area contributed by atoms with Crippen molar-refractivity contribution in [2.24, 2.45) is 5.73 Å². The third kappa shape index (κ3) is 3.57. The number of aromatic nitrogens is 2. The summed E-state index contributed by atoms with van der Waals surface area (Å²) in [5.41, 5.74) is 6.92. The number of fused-ring (bicyclic) bond motifs is 1. The van der Waals surface area contributed by atoms with Gasteiger partial charge in [-0.2, -0.15) is 0 Å². The van der Waals surface area contributed by atoms with Crippen LogP contribution in [0.2, 0.25) is 5.02 Å². The van der Waals surface area contributed by atoms with Crippen molar-refractivity contribution in [2.45, 2.75) is 13.8 Å². The molecule has 2 heterocycles. The van der Waals surface area contributed by atoms with Crippen LogP contribution in [0.15, 0.2) is 30.5 Å².